The van der Waals surface area contributed by atoms with Gasteiger partial charge in [0.15, 0.2) is 0 Å². The maximum absolute atomic E-state index is 2.47. The Bertz CT molecular complexity index is 151. The van der Waals surface area contributed by atoms with Gasteiger partial charge in [0.2, 0.25) is 0 Å². The molecule has 12 heavy (non-hydrogen) atoms. The van der Waals surface area contributed by atoms with Crippen molar-refractivity contribution in [3.63, 3.8) is 0 Å². The van der Waals surface area contributed by atoms with E-state index >= 15 is 0 Å². The van der Waals surface area contributed by atoms with Gasteiger partial charge in [0.05, 0.1) is 0 Å². The van der Waals surface area contributed by atoms with Gasteiger partial charge < -0.3 is 0 Å². The van der Waals surface area contributed by atoms with Gasteiger partial charge in [0, 0.05) is 0 Å². The number of hydrogen-bond donors (Lipinski definition) is 0. The molecule has 0 saturated carbocycles. The molecule has 0 aromatic rings. The Morgan fingerprint density at radius 3 is 2.25 bits per heavy atom. The Labute approximate surface area is 78.4 Å². The van der Waals surface area contributed by atoms with Crippen molar-refractivity contribution in [1.29, 1.82) is 0 Å². The van der Waals surface area contributed by atoms with E-state index in [2.05, 4.69) is 27.7 Å². The predicted octanol–water partition coefficient (Wildman–Crippen LogP) is 3.78. The Hall–Kier alpha value is 0.0649. The first-order valence-corrected chi connectivity index (χ1v) is 5.47. The molecule has 0 bridgehead atoms. The van der Waals surface area contributed by atoms with Crippen LogP contribution in [0.25, 0.3) is 0 Å². The van der Waals surface area contributed by atoms with E-state index in [1.807, 2.05) is 0 Å². The molecule has 0 aliphatic carbocycles. The van der Waals surface area contributed by atoms with Crippen LogP contribution < -0.4 is 0 Å². The van der Waals surface area contributed by atoms with Gasteiger partial charge in [-0.05, 0) is 0 Å². The molecule has 1 rings (SSSR count). The van der Waals surface area contributed by atoms with Gasteiger partial charge in [-0.3, -0.25) is 0 Å². The molecule has 1 saturated heterocycles. The van der Waals surface area contributed by atoms with Crippen LogP contribution >= 0.6 is 0 Å². The van der Waals surface area contributed by atoms with Crippen molar-refractivity contribution in [3.05, 3.63) is 0 Å². The van der Waals surface area contributed by atoms with Crippen LogP contribution in [0.3, 0.4) is 0 Å². The summed E-state index contributed by atoms with van der Waals surface area (Å²) >= 11 is 0. The topological polar surface area (TPSA) is 0 Å². The van der Waals surface area contributed by atoms with Gasteiger partial charge in [0.1, 0.15) is 7.28 Å². The van der Waals surface area contributed by atoms with E-state index < -0.39 is 0 Å². The molecule has 1 heteroatoms. The zero-order chi connectivity index (χ0) is 9.24. The Balaban J connectivity index is 2.66. The SMILES string of the molecule is CCC1(C)BC(C)(C)CCCC1. The van der Waals surface area contributed by atoms with E-state index in [1.54, 1.807) is 0 Å². The second kappa shape index (κ2) is 3.43. The minimum atomic E-state index is 0.598. The first kappa shape index (κ1) is 10.1. The smallest absolute Gasteiger partial charge is 0.0668 e. The molecular formula is C11H23B. The molecular weight excluding hydrogens is 143 g/mol. The van der Waals surface area contributed by atoms with Crippen molar-refractivity contribution in [3.8, 4) is 0 Å². The fraction of sp³-hybridized carbons (Fsp3) is 1.00. The average Bonchev–Trinajstić information content (AvgIpc) is 2.09. The summed E-state index contributed by atoms with van der Waals surface area (Å²) in [5.41, 5.74) is 0. The molecule has 1 atom stereocenters. The van der Waals surface area contributed by atoms with Gasteiger partial charge >= 0.3 is 0 Å². The zero-order valence-electron chi connectivity index (χ0n) is 9.24. The summed E-state index contributed by atoms with van der Waals surface area (Å²) in [6.45, 7) is 9.69. The van der Waals surface area contributed by atoms with Crippen molar-refractivity contribution in [2.45, 2.75) is 70.4 Å². The monoisotopic (exact) mass is 166 g/mol. The van der Waals surface area contributed by atoms with E-state index in [-0.39, 0.29) is 0 Å². The molecule has 0 spiro atoms. The minimum absolute atomic E-state index is 0.598. The van der Waals surface area contributed by atoms with E-state index in [1.165, 1.54) is 39.4 Å². The van der Waals surface area contributed by atoms with Crippen LogP contribution in [-0.4, -0.2) is 7.28 Å². The van der Waals surface area contributed by atoms with Crippen LogP contribution in [0.15, 0.2) is 0 Å². The largest absolute Gasteiger partial charge is 0.134 e. The summed E-state index contributed by atoms with van der Waals surface area (Å²) in [6, 6.07) is 0. The second-order valence-electron chi connectivity index (χ2n) is 5.71. The first-order chi connectivity index (χ1) is 5.47. The van der Waals surface area contributed by atoms with Crippen molar-refractivity contribution in [1.82, 2.24) is 0 Å². The molecule has 70 valence electrons. The third-order valence-electron chi connectivity index (χ3n) is 3.64. The molecule has 1 unspecified atom stereocenters. The molecule has 0 amide bonds. The van der Waals surface area contributed by atoms with Gasteiger partial charge in [-0.25, -0.2) is 0 Å². The van der Waals surface area contributed by atoms with Crippen LogP contribution in [0.2, 0.25) is 10.6 Å². The van der Waals surface area contributed by atoms with Crippen LogP contribution in [0, 0.1) is 0 Å². The summed E-state index contributed by atoms with van der Waals surface area (Å²) in [5, 5.41) is 1.24. The first-order valence-electron chi connectivity index (χ1n) is 5.47. The fourth-order valence-electron chi connectivity index (χ4n) is 2.79. The van der Waals surface area contributed by atoms with Crippen LogP contribution in [0.1, 0.15) is 59.8 Å². The highest BCUT2D eigenvalue weighted by atomic mass is 14.3. The molecule has 0 nitrogen and oxygen atoms in total. The second-order valence-corrected chi connectivity index (χ2v) is 5.71. The van der Waals surface area contributed by atoms with Gasteiger partial charge in [-0.1, -0.05) is 70.4 Å². The van der Waals surface area contributed by atoms with Gasteiger partial charge in [-0.15, -0.1) is 0 Å². The molecule has 1 aliphatic rings. The quantitative estimate of drug-likeness (QED) is 0.520. The maximum atomic E-state index is 2.47. The average molecular weight is 166 g/mol. The minimum Gasteiger partial charge on any atom is -0.0668 e. The summed E-state index contributed by atoms with van der Waals surface area (Å²) in [7, 11) is 1.43. The van der Waals surface area contributed by atoms with Crippen molar-refractivity contribution < 1.29 is 0 Å². The van der Waals surface area contributed by atoms with Crippen LogP contribution in [-0.2, 0) is 0 Å². The van der Waals surface area contributed by atoms with E-state index in [9.17, 15) is 0 Å². The third kappa shape index (κ3) is 2.53. The lowest BCUT2D eigenvalue weighted by molar-refractivity contribution is 0.514. The highest BCUT2D eigenvalue weighted by molar-refractivity contribution is 6.44. The van der Waals surface area contributed by atoms with Crippen molar-refractivity contribution in [2.24, 2.45) is 0 Å². The Morgan fingerprint density at radius 2 is 1.67 bits per heavy atom. The fourth-order valence-corrected chi connectivity index (χ4v) is 2.79. The summed E-state index contributed by atoms with van der Waals surface area (Å²) in [5.74, 6) is 0. The van der Waals surface area contributed by atoms with Crippen molar-refractivity contribution in [2.75, 3.05) is 0 Å². The van der Waals surface area contributed by atoms with Gasteiger partial charge in [-0.2, -0.15) is 0 Å². The summed E-state index contributed by atoms with van der Waals surface area (Å²) in [6.07, 6.45) is 7.14. The summed E-state index contributed by atoms with van der Waals surface area (Å²) < 4.78 is 0. The molecule has 1 heterocycles. The number of hydrogen-bond acceptors (Lipinski definition) is 0. The van der Waals surface area contributed by atoms with Crippen molar-refractivity contribution >= 4 is 7.28 Å². The molecule has 0 N–H and O–H groups in total. The Morgan fingerprint density at radius 1 is 1.08 bits per heavy atom. The van der Waals surface area contributed by atoms with E-state index in [0.29, 0.717) is 10.6 Å². The highest BCUT2D eigenvalue weighted by Gasteiger charge is 2.34. The lowest BCUT2D eigenvalue weighted by Crippen LogP contribution is -2.23. The van der Waals surface area contributed by atoms with E-state index in [4.69, 9.17) is 0 Å². The maximum Gasteiger partial charge on any atom is 0.134 e. The zero-order valence-corrected chi connectivity index (χ0v) is 9.24. The Kier molecular flexibility index (Phi) is 2.90. The molecule has 0 aromatic carbocycles. The van der Waals surface area contributed by atoms with Crippen LogP contribution in [0.4, 0.5) is 0 Å². The normalized spacial score (nSPS) is 35.3. The predicted molar refractivity (Wildman–Crippen MR) is 58.3 cm³/mol. The lowest BCUT2D eigenvalue weighted by atomic mass is 9.39. The molecule has 0 radical (unpaired) electrons. The van der Waals surface area contributed by atoms with Gasteiger partial charge in [0.25, 0.3) is 0 Å². The van der Waals surface area contributed by atoms with Crippen LogP contribution in [0.5, 0.6) is 0 Å². The molecule has 1 aliphatic heterocycles. The summed E-state index contributed by atoms with van der Waals surface area (Å²) in [4.78, 5) is 0. The third-order valence-corrected chi connectivity index (χ3v) is 3.64. The number of rotatable bonds is 1. The lowest BCUT2D eigenvalue weighted by Gasteiger charge is -2.32. The standard InChI is InChI=1S/C11H23B/c1-5-11(4)9-7-6-8-10(2,3)12-11/h12H,5-9H2,1-4H3. The van der Waals surface area contributed by atoms with E-state index in [0.717, 1.165) is 0 Å². The molecule has 1 fully saturated rings. The molecule has 0 aromatic heterocycles. The highest BCUT2D eigenvalue weighted by Crippen LogP contribution is 2.47.